The maximum Gasteiger partial charge on any atom is 0.301 e. The highest BCUT2D eigenvalue weighted by molar-refractivity contribution is 6.51. The molecule has 1 saturated heterocycles. The van der Waals surface area contributed by atoms with Crippen LogP contribution < -0.4 is 4.90 Å². The molecule has 1 amide bonds. The van der Waals surface area contributed by atoms with E-state index in [1.807, 2.05) is 0 Å². The third kappa shape index (κ3) is 3.55. The fourth-order valence-corrected chi connectivity index (χ4v) is 3.55. The van der Waals surface area contributed by atoms with Crippen molar-refractivity contribution in [2.75, 3.05) is 4.90 Å². The molecular weight excluding hydrogens is 426 g/mol. The summed E-state index contributed by atoms with van der Waals surface area (Å²) in [6.45, 7) is 1.61. The summed E-state index contributed by atoms with van der Waals surface area (Å²) >= 11 is 5.90. The lowest BCUT2D eigenvalue weighted by Crippen LogP contribution is -2.29. The number of non-ortho nitro benzene ring substituents is 1. The average Bonchev–Trinajstić information content (AvgIpc) is 3.29. The lowest BCUT2D eigenvalue weighted by molar-refractivity contribution is -0.384. The second-order valence-corrected chi connectivity index (χ2v) is 7.26. The number of carbonyl (C=O) groups excluding carboxylic acids is 2. The van der Waals surface area contributed by atoms with E-state index < -0.39 is 28.4 Å². The maximum atomic E-state index is 13.0. The molecule has 0 spiro atoms. The summed E-state index contributed by atoms with van der Waals surface area (Å²) in [5.74, 6) is -1.89. The van der Waals surface area contributed by atoms with E-state index in [0.717, 1.165) is 4.90 Å². The lowest BCUT2D eigenvalue weighted by Gasteiger charge is -2.22. The smallest absolute Gasteiger partial charge is 0.301 e. The van der Waals surface area contributed by atoms with E-state index in [1.165, 1.54) is 54.6 Å². The highest BCUT2D eigenvalue weighted by atomic mass is 35.5. The molecule has 0 unspecified atom stereocenters. The molecule has 156 valence electrons. The van der Waals surface area contributed by atoms with Crippen LogP contribution in [0.5, 0.6) is 0 Å². The molecule has 1 fully saturated rings. The van der Waals surface area contributed by atoms with Crippen LogP contribution in [0.1, 0.15) is 22.9 Å². The average molecular weight is 440 g/mol. The van der Waals surface area contributed by atoms with Gasteiger partial charge in [0, 0.05) is 28.8 Å². The normalized spacial score (nSPS) is 17.9. The fourth-order valence-electron chi connectivity index (χ4n) is 3.42. The van der Waals surface area contributed by atoms with Crippen molar-refractivity contribution in [2.24, 2.45) is 0 Å². The van der Waals surface area contributed by atoms with Crippen molar-refractivity contribution >= 4 is 40.6 Å². The zero-order valence-corrected chi connectivity index (χ0v) is 16.7. The summed E-state index contributed by atoms with van der Waals surface area (Å²) in [5.41, 5.74) is 0.0538. The summed E-state index contributed by atoms with van der Waals surface area (Å²) in [4.78, 5) is 37.6. The number of anilines is 1. The van der Waals surface area contributed by atoms with Crippen molar-refractivity contribution in [1.29, 1.82) is 0 Å². The number of benzene rings is 2. The van der Waals surface area contributed by atoms with Crippen LogP contribution in [-0.4, -0.2) is 26.9 Å². The van der Waals surface area contributed by atoms with Gasteiger partial charge in [-0.2, -0.15) is 0 Å². The summed E-state index contributed by atoms with van der Waals surface area (Å²) in [6.07, 6.45) is 0. The minimum Gasteiger partial charge on any atom is -0.507 e. The van der Waals surface area contributed by atoms with Crippen LogP contribution in [0.4, 0.5) is 11.5 Å². The Morgan fingerprint density at radius 2 is 1.90 bits per heavy atom. The zero-order chi connectivity index (χ0) is 22.3. The first kappa shape index (κ1) is 20.3. The van der Waals surface area contributed by atoms with E-state index in [-0.39, 0.29) is 28.2 Å². The molecule has 2 aromatic carbocycles. The molecule has 3 aromatic rings. The molecule has 9 nitrogen and oxygen atoms in total. The predicted octanol–water partition coefficient (Wildman–Crippen LogP) is 4.17. The number of Topliss-reactive ketones (excluding diaryl/α,β-unsaturated/α-hetero) is 1. The Morgan fingerprint density at radius 1 is 1.19 bits per heavy atom. The monoisotopic (exact) mass is 439 g/mol. The van der Waals surface area contributed by atoms with Gasteiger partial charge in [-0.05, 0) is 36.8 Å². The Labute approximate surface area is 180 Å². The second-order valence-electron chi connectivity index (χ2n) is 6.82. The first-order valence-corrected chi connectivity index (χ1v) is 9.40. The Kier molecular flexibility index (Phi) is 5.04. The molecule has 1 N–H and O–H groups in total. The molecule has 0 aliphatic carbocycles. The molecule has 4 rings (SSSR count). The van der Waals surface area contributed by atoms with Crippen molar-refractivity contribution in [3.63, 3.8) is 0 Å². The zero-order valence-electron chi connectivity index (χ0n) is 16.0. The number of nitrogens with zero attached hydrogens (tertiary/aromatic N) is 3. The quantitative estimate of drug-likeness (QED) is 0.212. The van der Waals surface area contributed by atoms with Gasteiger partial charge in [-0.15, -0.1) is 0 Å². The van der Waals surface area contributed by atoms with Gasteiger partial charge in [-0.1, -0.05) is 28.9 Å². The van der Waals surface area contributed by atoms with Crippen molar-refractivity contribution in [1.82, 2.24) is 5.16 Å². The summed E-state index contributed by atoms with van der Waals surface area (Å²) in [7, 11) is 0. The molecule has 0 saturated carbocycles. The molecular formula is C21H14ClN3O6. The number of aliphatic hydroxyl groups excluding tert-OH is 1. The fraction of sp³-hybridized carbons (Fsp3) is 0.0952. The van der Waals surface area contributed by atoms with Gasteiger partial charge in [-0.3, -0.25) is 24.6 Å². The van der Waals surface area contributed by atoms with Gasteiger partial charge in [0.05, 0.1) is 16.5 Å². The number of rotatable bonds is 4. The largest absolute Gasteiger partial charge is 0.507 e. The number of nitro benzene ring substituents is 1. The van der Waals surface area contributed by atoms with Gasteiger partial charge >= 0.3 is 5.91 Å². The molecule has 1 aromatic heterocycles. The minimum atomic E-state index is -1.15. The highest BCUT2D eigenvalue weighted by Gasteiger charge is 2.48. The number of nitro groups is 1. The lowest BCUT2D eigenvalue weighted by atomic mass is 9.95. The van der Waals surface area contributed by atoms with Crippen LogP contribution in [0, 0.1) is 17.0 Å². The van der Waals surface area contributed by atoms with E-state index in [0.29, 0.717) is 10.8 Å². The second kappa shape index (κ2) is 7.69. The van der Waals surface area contributed by atoms with Crippen LogP contribution in [0.25, 0.3) is 5.76 Å². The van der Waals surface area contributed by atoms with Crippen molar-refractivity contribution in [2.45, 2.75) is 13.0 Å². The number of halogens is 1. The van der Waals surface area contributed by atoms with Gasteiger partial charge < -0.3 is 9.63 Å². The summed E-state index contributed by atoms with van der Waals surface area (Å²) < 4.78 is 5.04. The molecule has 0 radical (unpaired) electrons. The Balaban J connectivity index is 1.96. The Bertz CT molecular complexity index is 1250. The number of aryl methyl sites for hydroxylation is 1. The number of hydrogen-bond donors (Lipinski definition) is 1. The molecule has 2 heterocycles. The van der Waals surface area contributed by atoms with Gasteiger partial charge in [0.2, 0.25) is 0 Å². The third-order valence-corrected chi connectivity index (χ3v) is 5.07. The highest BCUT2D eigenvalue weighted by Crippen LogP contribution is 2.42. The first-order chi connectivity index (χ1) is 14.8. The maximum absolute atomic E-state index is 13.0. The summed E-state index contributed by atoms with van der Waals surface area (Å²) in [5, 5.41) is 26.5. The molecule has 31 heavy (non-hydrogen) atoms. The van der Waals surface area contributed by atoms with Crippen molar-refractivity contribution in [3.05, 3.63) is 92.2 Å². The molecule has 1 aliphatic rings. The number of hydrogen-bond acceptors (Lipinski definition) is 7. The predicted molar refractivity (Wildman–Crippen MR) is 111 cm³/mol. The minimum absolute atomic E-state index is 0.0475. The van der Waals surface area contributed by atoms with Crippen LogP contribution in [0.3, 0.4) is 0 Å². The van der Waals surface area contributed by atoms with Gasteiger partial charge in [0.15, 0.2) is 5.82 Å². The third-order valence-electron chi connectivity index (χ3n) is 4.82. The van der Waals surface area contributed by atoms with Gasteiger partial charge in [0.1, 0.15) is 11.5 Å². The molecule has 1 atom stereocenters. The van der Waals surface area contributed by atoms with E-state index in [9.17, 15) is 24.8 Å². The van der Waals surface area contributed by atoms with Gasteiger partial charge in [-0.25, -0.2) is 0 Å². The Morgan fingerprint density at radius 3 is 2.52 bits per heavy atom. The van der Waals surface area contributed by atoms with E-state index >= 15 is 0 Å². The number of aliphatic hydroxyl groups is 1. The van der Waals surface area contributed by atoms with E-state index in [4.69, 9.17) is 16.1 Å². The van der Waals surface area contributed by atoms with Crippen molar-refractivity contribution in [3.8, 4) is 0 Å². The van der Waals surface area contributed by atoms with Crippen molar-refractivity contribution < 1.29 is 24.1 Å². The van der Waals surface area contributed by atoms with Crippen LogP contribution in [-0.2, 0) is 9.59 Å². The van der Waals surface area contributed by atoms with Crippen LogP contribution >= 0.6 is 11.6 Å². The van der Waals surface area contributed by atoms with E-state index in [2.05, 4.69) is 5.16 Å². The summed E-state index contributed by atoms with van der Waals surface area (Å²) in [6, 6.07) is 11.8. The number of ketones is 1. The van der Waals surface area contributed by atoms with Crippen LogP contribution in [0.15, 0.2) is 64.7 Å². The van der Waals surface area contributed by atoms with Crippen LogP contribution in [0.2, 0.25) is 5.02 Å². The topological polar surface area (TPSA) is 127 Å². The van der Waals surface area contributed by atoms with Gasteiger partial charge in [0.25, 0.3) is 11.5 Å². The SMILES string of the molecule is Cc1cc(N2C(=O)C(=O)/C(=C(/O)c3ccc(Cl)cc3)[C@@H]2c2cccc([N+](=O)[O-])c2)no1. The van der Waals surface area contributed by atoms with E-state index in [1.54, 1.807) is 6.92 Å². The number of amides is 1. The Hall–Kier alpha value is -3.98. The molecule has 1 aliphatic heterocycles. The first-order valence-electron chi connectivity index (χ1n) is 9.02. The number of carbonyl (C=O) groups is 2. The molecule has 0 bridgehead atoms. The molecule has 10 heteroatoms. The standard InChI is InChI=1S/C21H14ClN3O6/c1-11-9-16(23-31-11)24-18(13-3-2-4-15(10-13)25(29)30)17(20(27)21(24)28)19(26)12-5-7-14(22)8-6-12/h2-10,18,26H,1H3/b19-17+/t18-/m0/s1. The number of aromatic nitrogens is 1.